The van der Waals surface area contributed by atoms with Crippen LogP contribution in [0.1, 0.15) is 10.4 Å². The van der Waals surface area contributed by atoms with Gasteiger partial charge in [-0.25, -0.2) is 12.4 Å². The average Bonchev–Trinajstić information content (AvgIpc) is 2.59. The molecule has 0 aliphatic heterocycles. The predicted octanol–water partition coefficient (Wildman–Crippen LogP) is 1.83. The maximum Gasteiger partial charge on any atom is 0.253 e. The highest BCUT2D eigenvalue weighted by atomic mass is 35.5. The van der Waals surface area contributed by atoms with Crippen LogP contribution in [-0.2, 0) is 10.0 Å². The van der Waals surface area contributed by atoms with Gasteiger partial charge in [-0.2, -0.15) is 0 Å². The summed E-state index contributed by atoms with van der Waals surface area (Å²) in [5.74, 6) is 0. The van der Waals surface area contributed by atoms with Gasteiger partial charge < -0.3 is 0 Å². The van der Waals surface area contributed by atoms with E-state index in [0.717, 1.165) is 10.2 Å². The van der Waals surface area contributed by atoms with E-state index in [4.69, 9.17) is 11.6 Å². The molecule has 0 saturated carbocycles. The second-order valence-electron chi connectivity index (χ2n) is 3.39. The molecule has 4 nitrogen and oxygen atoms in total. The summed E-state index contributed by atoms with van der Waals surface area (Å²) in [6.07, 6.45) is 2.50. The van der Waals surface area contributed by atoms with Crippen LogP contribution < -0.4 is 0 Å². The topological polar surface area (TPSA) is 56.1 Å². The van der Waals surface area contributed by atoms with E-state index in [1.807, 2.05) is 0 Å². The number of aromatic nitrogens is 1. The molecule has 0 spiro atoms. The Kier molecular flexibility index (Phi) is 2.52. The lowest BCUT2D eigenvalue weighted by atomic mass is 10.1. The molecule has 0 saturated heterocycles. The SMILES string of the molecule is CS(=O)(=O)n1ccc2c(C(=O)Cl)cccc21. The summed E-state index contributed by atoms with van der Waals surface area (Å²) >= 11 is 5.41. The summed E-state index contributed by atoms with van der Waals surface area (Å²) in [5.41, 5.74) is 0.760. The number of carbonyl (C=O) groups is 1. The van der Waals surface area contributed by atoms with Gasteiger partial charge in [-0.3, -0.25) is 4.79 Å². The van der Waals surface area contributed by atoms with Gasteiger partial charge >= 0.3 is 0 Å². The lowest BCUT2D eigenvalue weighted by Gasteiger charge is -2.02. The molecule has 0 amide bonds. The maximum absolute atomic E-state index is 11.4. The smallest absolute Gasteiger partial charge is 0.253 e. The summed E-state index contributed by atoms with van der Waals surface area (Å²) in [7, 11) is -3.37. The van der Waals surface area contributed by atoms with Crippen LogP contribution in [0, 0.1) is 0 Å². The Bertz CT molecular complexity index is 672. The molecule has 0 N–H and O–H groups in total. The summed E-state index contributed by atoms with van der Waals surface area (Å²) in [4.78, 5) is 11.1. The van der Waals surface area contributed by atoms with Gasteiger partial charge in [0.25, 0.3) is 5.24 Å². The number of fused-ring (bicyclic) bond motifs is 1. The van der Waals surface area contributed by atoms with E-state index in [2.05, 4.69) is 0 Å². The minimum Gasteiger partial charge on any atom is -0.276 e. The largest absolute Gasteiger partial charge is 0.276 e. The third-order valence-corrected chi connectivity index (χ3v) is 3.50. The van der Waals surface area contributed by atoms with E-state index < -0.39 is 15.3 Å². The first-order valence-electron chi connectivity index (χ1n) is 4.42. The van der Waals surface area contributed by atoms with Crippen LogP contribution >= 0.6 is 11.6 Å². The van der Waals surface area contributed by atoms with Crippen molar-refractivity contribution < 1.29 is 13.2 Å². The van der Waals surface area contributed by atoms with Gasteiger partial charge in [0.2, 0.25) is 10.0 Å². The summed E-state index contributed by atoms with van der Waals surface area (Å²) in [6, 6.07) is 6.34. The molecular weight excluding hydrogens is 250 g/mol. The second-order valence-corrected chi connectivity index (χ2v) is 5.59. The molecule has 1 aromatic carbocycles. The molecule has 16 heavy (non-hydrogen) atoms. The van der Waals surface area contributed by atoms with Crippen molar-refractivity contribution in [3.8, 4) is 0 Å². The average molecular weight is 258 g/mol. The van der Waals surface area contributed by atoms with E-state index in [-0.39, 0.29) is 0 Å². The van der Waals surface area contributed by atoms with Gasteiger partial charge in [-0.15, -0.1) is 0 Å². The van der Waals surface area contributed by atoms with Gasteiger partial charge in [0.15, 0.2) is 0 Å². The Morgan fingerprint density at radius 3 is 2.56 bits per heavy atom. The molecule has 6 heteroatoms. The van der Waals surface area contributed by atoms with Crippen molar-refractivity contribution in [2.45, 2.75) is 0 Å². The molecule has 0 radical (unpaired) electrons. The molecule has 84 valence electrons. The fraction of sp³-hybridized carbons (Fsp3) is 0.100. The molecule has 0 aliphatic rings. The molecule has 2 aromatic rings. The standard InChI is InChI=1S/C10H8ClNO3S/c1-16(14,15)12-6-5-7-8(10(11)13)3-2-4-9(7)12/h2-6H,1H3. The Hall–Kier alpha value is -1.33. The van der Waals surface area contributed by atoms with Gasteiger partial charge in [-0.05, 0) is 29.8 Å². The molecule has 1 aromatic heterocycles. The molecular formula is C10H8ClNO3S. The van der Waals surface area contributed by atoms with E-state index in [1.54, 1.807) is 24.3 Å². The summed E-state index contributed by atoms with van der Waals surface area (Å²) < 4.78 is 24.0. The van der Waals surface area contributed by atoms with Crippen LogP contribution in [0.3, 0.4) is 0 Å². The zero-order chi connectivity index (χ0) is 11.9. The first-order valence-corrected chi connectivity index (χ1v) is 6.64. The number of nitrogens with zero attached hydrogens (tertiary/aromatic N) is 1. The van der Waals surface area contributed by atoms with Crippen LogP contribution in [0.15, 0.2) is 30.5 Å². The normalized spacial score (nSPS) is 11.9. The number of hydrogen-bond donors (Lipinski definition) is 0. The fourth-order valence-electron chi connectivity index (χ4n) is 1.60. The number of benzene rings is 1. The van der Waals surface area contributed by atoms with Gasteiger partial charge in [0.1, 0.15) is 0 Å². The molecule has 2 rings (SSSR count). The lowest BCUT2D eigenvalue weighted by molar-refractivity contribution is 0.108. The number of carbonyl (C=O) groups excluding carboxylic acids is 1. The Labute approximate surface area is 97.5 Å². The van der Waals surface area contributed by atoms with Crippen molar-refractivity contribution >= 4 is 37.8 Å². The van der Waals surface area contributed by atoms with Crippen LogP contribution in [0.5, 0.6) is 0 Å². The molecule has 1 heterocycles. The zero-order valence-electron chi connectivity index (χ0n) is 8.34. The highest BCUT2D eigenvalue weighted by molar-refractivity contribution is 7.89. The Morgan fingerprint density at radius 1 is 1.31 bits per heavy atom. The minimum atomic E-state index is -3.37. The van der Waals surface area contributed by atoms with Crippen molar-refractivity contribution in [3.05, 3.63) is 36.0 Å². The van der Waals surface area contributed by atoms with Gasteiger partial charge in [0, 0.05) is 17.1 Å². The number of hydrogen-bond acceptors (Lipinski definition) is 3. The summed E-state index contributed by atoms with van der Waals surface area (Å²) in [5, 5.41) is -0.0650. The van der Waals surface area contributed by atoms with E-state index >= 15 is 0 Å². The van der Waals surface area contributed by atoms with Crippen molar-refractivity contribution in [1.29, 1.82) is 0 Å². The molecule has 0 bridgehead atoms. The highest BCUT2D eigenvalue weighted by Gasteiger charge is 2.14. The molecule has 0 unspecified atom stereocenters. The molecule has 0 atom stereocenters. The van der Waals surface area contributed by atoms with Gasteiger partial charge in [0.05, 0.1) is 11.8 Å². The van der Waals surface area contributed by atoms with Crippen molar-refractivity contribution in [1.82, 2.24) is 3.97 Å². The minimum absolute atomic E-state index is 0.307. The summed E-state index contributed by atoms with van der Waals surface area (Å²) in [6.45, 7) is 0. The van der Waals surface area contributed by atoms with Crippen LogP contribution in [-0.4, -0.2) is 23.9 Å². The van der Waals surface area contributed by atoms with E-state index in [9.17, 15) is 13.2 Å². The van der Waals surface area contributed by atoms with E-state index in [1.165, 1.54) is 6.20 Å². The highest BCUT2D eigenvalue weighted by Crippen LogP contribution is 2.22. The Balaban J connectivity index is 2.87. The van der Waals surface area contributed by atoms with Crippen molar-refractivity contribution in [2.75, 3.05) is 6.26 Å². The second kappa shape index (κ2) is 3.61. The quantitative estimate of drug-likeness (QED) is 0.772. The third kappa shape index (κ3) is 1.72. The first-order chi connectivity index (χ1) is 7.41. The van der Waals surface area contributed by atoms with Crippen LogP contribution in [0.4, 0.5) is 0 Å². The van der Waals surface area contributed by atoms with Crippen LogP contribution in [0.2, 0.25) is 0 Å². The van der Waals surface area contributed by atoms with Crippen LogP contribution in [0.25, 0.3) is 10.9 Å². The Morgan fingerprint density at radius 2 is 2.00 bits per heavy atom. The van der Waals surface area contributed by atoms with Gasteiger partial charge in [-0.1, -0.05) is 6.07 Å². The van der Waals surface area contributed by atoms with Crippen molar-refractivity contribution in [2.24, 2.45) is 0 Å². The predicted molar refractivity (Wildman–Crippen MR) is 62.4 cm³/mol. The third-order valence-electron chi connectivity index (χ3n) is 2.27. The zero-order valence-corrected chi connectivity index (χ0v) is 9.92. The lowest BCUT2D eigenvalue weighted by Crippen LogP contribution is -2.08. The number of rotatable bonds is 2. The molecule has 0 fully saturated rings. The fourth-order valence-corrected chi connectivity index (χ4v) is 2.57. The van der Waals surface area contributed by atoms with E-state index in [0.29, 0.717) is 16.5 Å². The maximum atomic E-state index is 11.4. The first kappa shape index (κ1) is 11.2. The monoisotopic (exact) mass is 257 g/mol. The van der Waals surface area contributed by atoms with Crippen molar-refractivity contribution in [3.63, 3.8) is 0 Å². The molecule has 0 aliphatic carbocycles. The number of halogens is 1.